The summed E-state index contributed by atoms with van der Waals surface area (Å²) in [7, 11) is 0. The van der Waals surface area contributed by atoms with Crippen LogP contribution in [0, 0.1) is 5.92 Å². The number of amides is 1. The summed E-state index contributed by atoms with van der Waals surface area (Å²) in [6.45, 7) is 3.99. The Bertz CT molecular complexity index is 470. The second-order valence-corrected chi connectivity index (χ2v) is 5.76. The summed E-state index contributed by atoms with van der Waals surface area (Å²) in [6.07, 6.45) is 2.81. The monoisotopic (exact) mass is 276 g/mol. The molecule has 3 nitrogen and oxygen atoms in total. The molecule has 0 bridgehead atoms. The molecular formula is C15H20N2OS. The first-order valence-corrected chi connectivity index (χ1v) is 7.13. The maximum absolute atomic E-state index is 12.2. The van der Waals surface area contributed by atoms with E-state index in [0.717, 1.165) is 30.6 Å². The molecule has 102 valence electrons. The van der Waals surface area contributed by atoms with Gasteiger partial charge in [-0.15, -0.1) is 0 Å². The van der Waals surface area contributed by atoms with Gasteiger partial charge in [0.15, 0.2) is 0 Å². The van der Waals surface area contributed by atoms with Crippen LogP contribution in [0.15, 0.2) is 24.3 Å². The largest absolute Gasteiger partial charge is 0.389 e. The minimum atomic E-state index is 0.217. The van der Waals surface area contributed by atoms with Crippen LogP contribution in [-0.4, -0.2) is 28.9 Å². The van der Waals surface area contributed by atoms with E-state index in [-0.39, 0.29) is 5.91 Å². The number of nitrogens with two attached hydrogens (primary N) is 1. The number of hydrogen-bond acceptors (Lipinski definition) is 2. The minimum Gasteiger partial charge on any atom is -0.389 e. The quantitative estimate of drug-likeness (QED) is 0.860. The van der Waals surface area contributed by atoms with Crippen LogP contribution < -0.4 is 5.73 Å². The topological polar surface area (TPSA) is 46.3 Å². The summed E-state index contributed by atoms with van der Waals surface area (Å²) in [5.41, 5.74) is 7.42. The van der Waals surface area contributed by atoms with Crippen molar-refractivity contribution in [2.45, 2.75) is 26.2 Å². The Morgan fingerprint density at radius 1 is 1.42 bits per heavy atom. The third kappa shape index (κ3) is 3.77. The van der Waals surface area contributed by atoms with E-state index in [1.54, 1.807) is 0 Å². The number of hydrogen-bond donors (Lipinski definition) is 1. The molecule has 1 fully saturated rings. The number of likely N-dealkylation sites (tertiary alicyclic amines) is 1. The molecule has 1 atom stereocenters. The maximum Gasteiger partial charge on any atom is 0.226 e. The number of piperidine rings is 1. The molecule has 1 heterocycles. The Morgan fingerprint density at radius 2 is 2.11 bits per heavy atom. The first-order chi connectivity index (χ1) is 9.06. The molecule has 1 saturated heterocycles. The predicted octanol–water partition coefficient (Wildman–Crippen LogP) is 2.12. The Kier molecular flexibility index (Phi) is 4.53. The van der Waals surface area contributed by atoms with Crippen LogP contribution >= 0.6 is 12.2 Å². The lowest BCUT2D eigenvalue weighted by Gasteiger charge is -2.31. The number of benzene rings is 1. The van der Waals surface area contributed by atoms with E-state index in [4.69, 9.17) is 18.0 Å². The SMILES string of the molecule is CC1CCCN(C(=O)Cc2ccc(C(N)=S)cc2)C1. The molecule has 1 aliphatic heterocycles. The third-order valence-corrected chi connectivity index (χ3v) is 3.84. The van der Waals surface area contributed by atoms with E-state index in [1.165, 1.54) is 6.42 Å². The zero-order valence-corrected chi connectivity index (χ0v) is 12.1. The van der Waals surface area contributed by atoms with Gasteiger partial charge in [0.1, 0.15) is 4.99 Å². The molecule has 19 heavy (non-hydrogen) atoms. The van der Waals surface area contributed by atoms with Gasteiger partial charge in [-0.1, -0.05) is 43.4 Å². The summed E-state index contributed by atoms with van der Waals surface area (Å²) < 4.78 is 0. The van der Waals surface area contributed by atoms with E-state index in [1.807, 2.05) is 29.2 Å². The van der Waals surface area contributed by atoms with Crippen molar-refractivity contribution < 1.29 is 4.79 Å². The first-order valence-electron chi connectivity index (χ1n) is 6.73. The van der Waals surface area contributed by atoms with Gasteiger partial charge in [-0.05, 0) is 24.3 Å². The van der Waals surface area contributed by atoms with Crippen molar-refractivity contribution in [3.05, 3.63) is 35.4 Å². The average Bonchev–Trinajstić information content (AvgIpc) is 2.39. The van der Waals surface area contributed by atoms with Gasteiger partial charge in [0.05, 0.1) is 6.42 Å². The number of nitrogens with zero attached hydrogens (tertiary/aromatic N) is 1. The van der Waals surface area contributed by atoms with Crippen molar-refractivity contribution in [3.8, 4) is 0 Å². The molecule has 2 N–H and O–H groups in total. The van der Waals surface area contributed by atoms with Gasteiger partial charge in [0, 0.05) is 18.7 Å². The number of carbonyl (C=O) groups is 1. The number of carbonyl (C=O) groups excluding carboxylic acids is 1. The van der Waals surface area contributed by atoms with Gasteiger partial charge in [-0.3, -0.25) is 4.79 Å². The van der Waals surface area contributed by atoms with Crippen LogP contribution in [0.3, 0.4) is 0 Å². The van der Waals surface area contributed by atoms with Gasteiger partial charge < -0.3 is 10.6 Å². The van der Waals surface area contributed by atoms with E-state index in [2.05, 4.69) is 6.92 Å². The molecule has 1 aromatic rings. The molecular weight excluding hydrogens is 256 g/mol. The maximum atomic E-state index is 12.2. The van der Waals surface area contributed by atoms with Crippen LogP contribution in [0.4, 0.5) is 0 Å². The fourth-order valence-electron chi connectivity index (χ4n) is 2.49. The fourth-order valence-corrected chi connectivity index (χ4v) is 2.63. The van der Waals surface area contributed by atoms with Crippen molar-refractivity contribution in [1.29, 1.82) is 0 Å². The lowest BCUT2D eigenvalue weighted by molar-refractivity contribution is -0.132. The van der Waals surface area contributed by atoms with Crippen molar-refractivity contribution in [3.63, 3.8) is 0 Å². The molecule has 1 amide bonds. The smallest absolute Gasteiger partial charge is 0.226 e. The van der Waals surface area contributed by atoms with Gasteiger partial charge >= 0.3 is 0 Å². The van der Waals surface area contributed by atoms with E-state index in [0.29, 0.717) is 17.3 Å². The van der Waals surface area contributed by atoms with Gasteiger partial charge in [0.25, 0.3) is 0 Å². The average molecular weight is 276 g/mol. The van der Waals surface area contributed by atoms with Gasteiger partial charge in [0.2, 0.25) is 5.91 Å². The van der Waals surface area contributed by atoms with Crippen LogP contribution in [0.1, 0.15) is 30.9 Å². The van der Waals surface area contributed by atoms with Crippen molar-refractivity contribution >= 4 is 23.1 Å². The van der Waals surface area contributed by atoms with Crippen LogP contribution in [-0.2, 0) is 11.2 Å². The number of rotatable bonds is 3. The Balaban J connectivity index is 1.96. The Hall–Kier alpha value is -1.42. The molecule has 1 unspecified atom stereocenters. The first kappa shape index (κ1) is 14.0. The van der Waals surface area contributed by atoms with Crippen molar-refractivity contribution in [2.75, 3.05) is 13.1 Å². The van der Waals surface area contributed by atoms with Crippen molar-refractivity contribution in [1.82, 2.24) is 4.90 Å². The summed E-state index contributed by atoms with van der Waals surface area (Å²) in [5, 5.41) is 0. The summed E-state index contributed by atoms with van der Waals surface area (Å²) in [5.74, 6) is 0.837. The molecule has 2 rings (SSSR count). The molecule has 0 radical (unpaired) electrons. The highest BCUT2D eigenvalue weighted by atomic mass is 32.1. The lowest BCUT2D eigenvalue weighted by atomic mass is 9.99. The van der Waals surface area contributed by atoms with Gasteiger partial charge in [-0.2, -0.15) is 0 Å². The standard InChI is InChI=1S/C15H20N2OS/c1-11-3-2-8-17(10-11)14(18)9-12-4-6-13(7-5-12)15(16)19/h4-7,11H,2-3,8-10H2,1H3,(H2,16,19). The molecule has 0 aliphatic carbocycles. The molecule has 0 spiro atoms. The summed E-state index contributed by atoms with van der Waals surface area (Å²) >= 11 is 4.91. The zero-order chi connectivity index (χ0) is 13.8. The molecule has 1 aromatic carbocycles. The Labute approximate surface area is 119 Å². The lowest BCUT2D eigenvalue weighted by Crippen LogP contribution is -2.39. The molecule has 4 heteroatoms. The normalized spacial score (nSPS) is 19.2. The van der Waals surface area contributed by atoms with E-state index < -0.39 is 0 Å². The molecule has 0 saturated carbocycles. The fraction of sp³-hybridized carbons (Fsp3) is 0.467. The van der Waals surface area contributed by atoms with Gasteiger partial charge in [-0.25, -0.2) is 0 Å². The van der Waals surface area contributed by atoms with Crippen LogP contribution in [0.5, 0.6) is 0 Å². The van der Waals surface area contributed by atoms with Crippen LogP contribution in [0.25, 0.3) is 0 Å². The van der Waals surface area contributed by atoms with Crippen molar-refractivity contribution in [2.24, 2.45) is 11.7 Å². The predicted molar refractivity (Wildman–Crippen MR) is 81.0 cm³/mol. The molecule has 1 aliphatic rings. The minimum absolute atomic E-state index is 0.217. The second-order valence-electron chi connectivity index (χ2n) is 5.33. The highest BCUT2D eigenvalue weighted by molar-refractivity contribution is 7.80. The summed E-state index contributed by atoms with van der Waals surface area (Å²) in [4.78, 5) is 14.6. The highest BCUT2D eigenvalue weighted by Gasteiger charge is 2.20. The van der Waals surface area contributed by atoms with E-state index in [9.17, 15) is 4.79 Å². The zero-order valence-electron chi connectivity index (χ0n) is 11.3. The summed E-state index contributed by atoms with van der Waals surface area (Å²) in [6, 6.07) is 7.62. The second kappa shape index (κ2) is 6.15. The van der Waals surface area contributed by atoms with Crippen LogP contribution in [0.2, 0.25) is 0 Å². The third-order valence-electron chi connectivity index (χ3n) is 3.60. The Morgan fingerprint density at radius 3 is 2.68 bits per heavy atom. The molecule has 0 aromatic heterocycles. The highest BCUT2D eigenvalue weighted by Crippen LogP contribution is 2.16. The van der Waals surface area contributed by atoms with E-state index >= 15 is 0 Å². The number of thiocarbonyl (C=S) groups is 1.